The predicted octanol–water partition coefficient (Wildman–Crippen LogP) is 4.59. The standard InChI is InChI=1S/C24H30N2O3/c1-17-7-4-5-8-20(17)24(12-13-24)16-25-23(27)26-14-6-9-21(26)19-15-18(28-2)10-11-22(19)29-3/h4-5,7-8,10-11,15,21H,6,9,12-14,16H2,1-3H3,(H,25,27). The number of carbonyl (C=O) groups is 1. The van der Waals surface area contributed by atoms with Gasteiger partial charge in [-0.2, -0.15) is 0 Å². The van der Waals surface area contributed by atoms with Gasteiger partial charge in [-0.15, -0.1) is 0 Å². The van der Waals surface area contributed by atoms with Gasteiger partial charge >= 0.3 is 6.03 Å². The first-order chi connectivity index (χ1) is 14.1. The van der Waals surface area contributed by atoms with Crippen LogP contribution in [0.5, 0.6) is 11.5 Å². The highest BCUT2D eigenvalue weighted by molar-refractivity contribution is 5.75. The zero-order chi connectivity index (χ0) is 20.4. The number of aryl methyl sites for hydroxylation is 1. The molecule has 154 valence electrons. The number of amides is 2. The summed E-state index contributed by atoms with van der Waals surface area (Å²) in [4.78, 5) is 15.1. The van der Waals surface area contributed by atoms with Crippen LogP contribution in [0.1, 0.15) is 48.4 Å². The molecule has 0 radical (unpaired) electrons. The molecule has 0 spiro atoms. The molecule has 0 aromatic heterocycles. The van der Waals surface area contributed by atoms with Crippen molar-refractivity contribution in [3.63, 3.8) is 0 Å². The molecule has 2 aromatic rings. The van der Waals surface area contributed by atoms with Gasteiger partial charge in [0, 0.05) is 24.1 Å². The van der Waals surface area contributed by atoms with Crippen LogP contribution >= 0.6 is 0 Å². The average molecular weight is 395 g/mol. The van der Waals surface area contributed by atoms with Crippen LogP contribution in [0.2, 0.25) is 0 Å². The monoisotopic (exact) mass is 394 g/mol. The topological polar surface area (TPSA) is 50.8 Å². The SMILES string of the molecule is COc1ccc(OC)c(C2CCCN2C(=O)NCC2(c3ccccc3C)CC2)c1. The number of methoxy groups -OCH3 is 2. The number of carbonyl (C=O) groups excluding carboxylic acids is 1. The summed E-state index contributed by atoms with van der Waals surface area (Å²) in [6.45, 7) is 3.60. The molecular formula is C24H30N2O3. The molecule has 1 heterocycles. The quantitative estimate of drug-likeness (QED) is 0.780. The van der Waals surface area contributed by atoms with Crippen molar-refractivity contribution >= 4 is 6.03 Å². The minimum Gasteiger partial charge on any atom is -0.497 e. The van der Waals surface area contributed by atoms with Crippen molar-refractivity contribution in [1.82, 2.24) is 10.2 Å². The Labute approximate surface area is 173 Å². The molecular weight excluding hydrogens is 364 g/mol. The van der Waals surface area contributed by atoms with E-state index in [1.807, 2.05) is 23.1 Å². The van der Waals surface area contributed by atoms with Gasteiger partial charge in [-0.1, -0.05) is 24.3 Å². The Morgan fingerprint density at radius 3 is 2.66 bits per heavy atom. The molecule has 4 rings (SSSR count). The lowest BCUT2D eigenvalue weighted by Crippen LogP contribution is -2.42. The Kier molecular flexibility index (Phi) is 5.39. The minimum atomic E-state index is 0.00802. The second kappa shape index (κ2) is 7.97. The first-order valence-corrected chi connectivity index (χ1v) is 10.4. The van der Waals surface area contributed by atoms with E-state index in [1.54, 1.807) is 14.2 Å². The molecule has 1 saturated carbocycles. The number of benzene rings is 2. The molecule has 2 amide bonds. The van der Waals surface area contributed by atoms with Crippen molar-refractivity contribution in [1.29, 1.82) is 0 Å². The summed E-state index contributed by atoms with van der Waals surface area (Å²) in [6.07, 6.45) is 4.18. The predicted molar refractivity (Wildman–Crippen MR) is 114 cm³/mol. The maximum absolute atomic E-state index is 13.1. The zero-order valence-electron chi connectivity index (χ0n) is 17.5. The maximum atomic E-state index is 13.1. The number of likely N-dealkylation sites (tertiary alicyclic amines) is 1. The Balaban J connectivity index is 1.49. The molecule has 5 nitrogen and oxygen atoms in total. The molecule has 1 unspecified atom stereocenters. The van der Waals surface area contributed by atoms with Crippen molar-refractivity contribution < 1.29 is 14.3 Å². The average Bonchev–Trinajstić information content (AvgIpc) is 3.37. The Morgan fingerprint density at radius 1 is 1.17 bits per heavy atom. The fraction of sp³-hybridized carbons (Fsp3) is 0.458. The third-order valence-electron chi connectivity index (χ3n) is 6.46. The van der Waals surface area contributed by atoms with Gasteiger partial charge in [0.1, 0.15) is 11.5 Å². The summed E-state index contributed by atoms with van der Waals surface area (Å²) in [5.41, 5.74) is 3.79. The van der Waals surface area contributed by atoms with Crippen LogP contribution < -0.4 is 14.8 Å². The molecule has 1 N–H and O–H groups in total. The molecule has 1 saturated heterocycles. The van der Waals surface area contributed by atoms with E-state index in [9.17, 15) is 4.79 Å². The van der Waals surface area contributed by atoms with E-state index in [0.717, 1.165) is 49.3 Å². The summed E-state index contributed by atoms with van der Waals surface area (Å²) in [6, 6.07) is 14.3. The second-order valence-electron chi connectivity index (χ2n) is 8.21. The van der Waals surface area contributed by atoms with Crippen LogP contribution in [0.3, 0.4) is 0 Å². The van der Waals surface area contributed by atoms with Gasteiger partial charge in [-0.05, 0) is 61.9 Å². The Morgan fingerprint density at radius 2 is 1.97 bits per heavy atom. The summed E-state index contributed by atoms with van der Waals surface area (Å²) in [7, 11) is 3.33. The first kappa shape index (κ1) is 19.6. The van der Waals surface area contributed by atoms with Crippen molar-refractivity contribution in [3.05, 3.63) is 59.2 Å². The van der Waals surface area contributed by atoms with Crippen LogP contribution in [0, 0.1) is 6.92 Å². The number of rotatable bonds is 6. The van der Waals surface area contributed by atoms with E-state index in [4.69, 9.17) is 9.47 Å². The van der Waals surface area contributed by atoms with Crippen molar-refractivity contribution in [3.8, 4) is 11.5 Å². The Bertz CT molecular complexity index is 891. The van der Waals surface area contributed by atoms with E-state index in [0.29, 0.717) is 6.54 Å². The fourth-order valence-corrected chi connectivity index (χ4v) is 4.64. The van der Waals surface area contributed by atoms with Gasteiger partial charge in [-0.25, -0.2) is 4.79 Å². The number of urea groups is 1. The van der Waals surface area contributed by atoms with E-state index < -0.39 is 0 Å². The highest BCUT2D eigenvalue weighted by atomic mass is 16.5. The molecule has 0 bridgehead atoms. The van der Waals surface area contributed by atoms with E-state index in [-0.39, 0.29) is 17.5 Å². The summed E-state index contributed by atoms with van der Waals surface area (Å²) in [5.74, 6) is 1.58. The third-order valence-corrected chi connectivity index (χ3v) is 6.46. The lowest BCUT2D eigenvalue weighted by molar-refractivity contribution is 0.191. The van der Waals surface area contributed by atoms with Crippen LogP contribution in [0.25, 0.3) is 0 Å². The van der Waals surface area contributed by atoms with Gasteiger partial charge in [0.15, 0.2) is 0 Å². The maximum Gasteiger partial charge on any atom is 0.317 e. The summed E-state index contributed by atoms with van der Waals surface area (Å²) >= 11 is 0. The normalized spacial score (nSPS) is 19.7. The molecule has 2 aromatic carbocycles. The van der Waals surface area contributed by atoms with E-state index in [2.05, 4.69) is 36.5 Å². The van der Waals surface area contributed by atoms with Crippen molar-refractivity contribution in [2.24, 2.45) is 0 Å². The molecule has 2 aliphatic rings. The van der Waals surface area contributed by atoms with Crippen LogP contribution in [0.15, 0.2) is 42.5 Å². The highest BCUT2D eigenvalue weighted by Crippen LogP contribution is 2.49. The number of hydrogen-bond donors (Lipinski definition) is 1. The van der Waals surface area contributed by atoms with Crippen LogP contribution in [-0.2, 0) is 5.41 Å². The smallest absolute Gasteiger partial charge is 0.317 e. The van der Waals surface area contributed by atoms with E-state index in [1.165, 1.54) is 11.1 Å². The zero-order valence-corrected chi connectivity index (χ0v) is 17.5. The van der Waals surface area contributed by atoms with Gasteiger partial charge in [-0.3, -0.25) is 0 Å². The molecule has 1 aliphatic carbocycles. The van der Waals surface area contributed by atoms with Gasteiger partial charge in [0.2, 0.25) is 0 Å². The number of nitrogens with zero attached hydrogens (tertiary/aromatic N) is 1. The number of nitrogens with one attached hydrogen (secondary N) is 1. The highest BCUT2D eigenvalue weighted by Gasteiger charge is 2.45. The van der Waals surface area contributed by atoms with Crippen molar-refractivity contribution in [2.75, 3.05) is 27.3 Å². The lowest BCUT2D eigenvalue weighted by atomic mass is 9.92. The molecule has 2 fully saturated rings. The van der Waals surface area contributed by atoms with Gasteiger partial charge in [0.25, 0.3) is 0 Å². The van der Waals surface area contributed by atoms with Crippen LogP contribution in [0.4, 0.5) is 4.79 Å². The van der Waals surface area contributed by atoms with Gasteiger partial charge < -0.3 is 19.7 Å². The first-order valence-electron chi connectivity index (χ1n) is 10.4. The molecule has 1 aliphatic heterocycles. The number of hydrogen-bond acceptors (Lipinski definition) is 3. The van der Waals surface area contributed by atoms with E-state index >= 15 is 0 Å². The molecule has 1 atom stereocenters. The fourth-order valence-electron chi connectivity index (χ4n) is 4.64. The molecule has 29 heavy (non-hydrogen) atoms. The Hall–Kier alpha value is -2.69. The van der Waals surface area contributed by atoms with Crippen molar-refractivity contribution in [2.45, 2.75) is 44.1 Å². The number of ether oxygens (including phenoxy) is 2. The second-order valence-corrected chi connectivity index (χ2v) is 8.21. The van der Waals surface area contributed by atoms with Crippen LogP contribution in [-0.4, -0.2) is 38.2 Å². The third kappa shape index (κ3) is 3.78. The minimum absolute atomic E-state index is 0.00802. The van der Waals surface area contributed by atoms with Gasteiger partial charge in [0.05, 0.1) is 20.3 Å². The summed E-state index contributed by atoms with van der Waals surface area (Å²) < 4.78 is 11.0. The lowest BCUT2D eigenvalue weighted by Gasteiger charge is -2.28. The largest absolute Gasteiger partial charge is 0.497 e. The summed E-state index contributed by atoms with van der Waals surface area (Å²) in [5, 5.41) is 3.23. The molecule has 5 heteroatoms.